The van der Waals surface area contributed by atoms with Crippen molar-refractivity contribution >= 4 is 22.8 Å². The van der Waals surface area contributed by atoms with Crippen LogP contribution in [0, 0.1) is 6.92 Å². The van der Waals surface area contributed by atoms with E-state index in [1.54, 1.807) is 13.0 Å². The summed E-state index contributed by atoms with van der Waals surface area (Å²) in [6, 6.07) is 4.21. The Morgan fingerprint density at radius 3 is 2.61 bits per heavy atom. The van der Waals surface area contributed by atoms with Crippen LogP contribution < -0.4 is 15.7 Å². The average Bonchev–Trinajstić information content (AvgIpc) is 2.73. The van der Waals surface area contributed by atoms with Gasteiger partial charge in [0, 0.05) is 24.4 Å². The lowest BCUT2D eigenvalue weighted by Crippen LogP contribution is -2.68. The van der Waals surface area contributed by atoms with E-state index < -0.39 is 66.8 Å². The number of carbonyl (C=O) groups excluding carboxylic acids is 1. The van der Waals surface area contributed by atoms with Gasteiger partial charge < -0.3 is 44.7 Å². The van der Waals surface area contributed by atoms with Gasteiger partial charge >= 0.3 is 17.4 Å². The summed E-state index contributed by atoms with van der Waals surface area (Å²) in [6.07, 6.45) is -7.56. The van der Waals surface area contributed by atoms with Crippen molar-refractivity contribution in [2.45, 2.75) is 56.5 Å². The number of nitrogens with one attached hydrogen (secondary N) is 1. The monoisotopic (exact) mass is 467 g/mol. The fourth-order valence-electron chi connectivity index (χ4n) is 3.79. The second-order valence-electron chi connectivity index (χ2n) is 7.89. The third-order valence-corrected chi connectivity index (χ3v) is 5.39. The Morgan fingerprint density at radius 2 is 2.00 bits per heavy atom. The number of aliphatic hydroxyl groups excluding tert-OH is 4. The van der Waals surface area contributed by atoms with Gasteiger partial charge in [0.15, 0.2) is 0 Å². The highest BCUT2D eigenvalue weighted by atomic mass is 16.7. The van der Waals surface area contributed by atoms with Crippen molar-refractivity contribution in [3.8, 4) is 5.75 Å². The first kappa shape index (κ1) is 24.6. The van der Waals surface area contributed by atoms with Crippen LogP contribution >= 0.6 is 0 Å². The molecule has 1 fully saturated rings. The van der Waals surface area contributed by atoms with Gasteiger partial charge in [0.05, 0.1) is 25.2 Å². The zero-order valence-corrected chi connectivity index (χ0v) is 17.8. The molecule has 12 nitrogen and oxygen atoms in total. The van der Waals surface area contributed by atoms with Gasteiger partial charge in [-0.1, -0.05) is 0 Å². The Balaban J connectivity index is 2.01. The maximum atomic E-state index is 12.2. The van der Waals surface area contributed by atoms with Crippen molar-refractivity contribution in [1.29, 1.82) is 0 Å². The molecule has 1 aromatic carbocycles. The normalized spacial score (nSPS) is 27.0. The number of aliphatic hydroxyl groups is 4. The van der Waals surface area contributed by atoms with Crippen molar-refractivity contribution in [2.75, 3.05) is 6.61 Å². The third kappa shape index (κ3) is 4.99. The number of amides is 1. The second kappa shape index (κ2) is 9.45. The number of hydrogen-bond donors (Lipinski definition) is 6. The van der Waals surface area contributed by atoms with E-state index in [1.807, 2.05) is 0 Å². The Labute approximate surface area is 187 Å². The first-order valence-electron chi connectivity index (χ1n) is 10.0. The molecule has 0 saturated carbocycles. The van der Waals surface area contributed by atoms with Crippen molar-refractivity contribution < 1.29 is 49.0 Å². The van der Waals surface area contributed by atoms with Gasteiger partial charge in [0.2, 0.25) is 5.91 Å². The molecule has 1 saturated heterocycles. The Hall–Kier alpha value is -3.03. The van der Waals surface area contributed by atoms with E-state index in [1.165, 1.54) is 18.2 Å². The van der Waals surface area contributed by atoms with Crippen molar-refractivity contribution in [3.63, 3.8) is 0 Å². The van der Waals surface area contributed by atoms with Gasteiger partial charge in [0.1, 0.15) is 29.6 Å². The molecule has 3 rings (SSSR count). The summed E-state index contributed by atoms with van der Waals surface area (Å²) in [6.45, 7) is 1.94. The van der Waals surface area contributed by atoms with Gasteiger partial charge in [-0.3, -0.25) is 4.79 Å². The number of benzene rings is 1. The lowest BCUT2D eigenvalue weighted by atomic mass is 9.88. The van der Waals surface area contributed by atoms with Crippen molar-refractivity contribution in [2.24, 2.45) is 0 Å². The minimum atomic E-state index is -2.55. The molecule has 0 bridgehead atoms. The van der Waals surface area contributed by atoms with Crippen LogP contribution in [0.15, 0.2) is 33.5 Å². The highest BCUT2D eigenvalue weighted by Crippen LogP contribution is 2.35. The molecule has 33 heavy (non-hydrogen) atoms. The minimum absolute atomic E-state index is 0.0835. The molecule has 2 aromatic rings. The molecule has 1 aromatic heterocycles. The van der Waals surface area contributed by atoms with Crippen LogP contribution in [0.2, 0.25) is 0 Å². The number of carboxylic acids is 1. The zero-order chi connectivity index (χ0) is 24.5. The van der Waals surface area contributed by atoms with Gasteiger partial charge in [-0.15, -0.1) is 0 Å². The molecule has 0 spiro atoms. The summed E-state index contributed by atoms with van der Waals surface area (Å²) in [4.78, 5) is 35.5. The second-order valence-corrected chi connectivity index (χ2v) is 7.89. The zero-order valence-electron chi connectivity index (χ0n) is 17.8. The van der Waals surface area contributed by atoms with Crippen LogP contribution in [0.4, 0.5) is 0 Å². The van der Waals surface area contributed by atoms with Gasteiger partial charge in [-0.05, 0) is 24.6 Å². The van der Waals surface area contributed by atoms with Crippen molar-refractivity contribution in [1.82, 2.24) is 5.32 Å². The number of rotatable bonds is 7. The van der Waals surface area contributed by atoms with Crippen LogP contribution in [-0.2, 0) is 14.3 Å². The molecule has 0 radical (unpaired) electrons. The van der Waals surface area contributed by atoms with Gasteiger partial charge in [0.25, 0.3) is 0 Å². The van der Waals surface area contributed by atoms with Gasteiger partial charge in [-0.2, -0.15) is 0 Å². The summed E-state index contributed by atoms with van der Waals surface area (Å²) in [5.74, 6) is -4.90. The van der Waals surface area contributed by atoms with E-state index in [2.05, 4.69) is 5.32 Å². The predicted molar refractivity (Wildman–Crippen MR) is 110 cm³/mol. The predicted octanol–water partition coefficient (Wildman–Crippen LogP) is -1.37. The molecule has 1 aliphatic rings. The summed E-state index contributed by atoms with van der Waals surface area (Å²) in [5, 5.41) is 53.0. The lowest BCUT2D eigenvalue weighted by molar-refractivity contribution is -0.284. The van der Waals surface area contributed by atoms with Crippen molar-refractivity contribution in [3.05, 3.63) is 40.2 Å². The Morgan fingerprint density at radius 1 is 1.30 bits per heavy atom. The quantitative estimate of drug-likeness (QED) is 0.263. The number of carboxylic acid groups (broad SMARTS) is 1. The molecule has 0 unspecified atom stereocenters. The molecule has 2 heterocycles. The molecule has 6 atom stereocenters. The first-order chi connectivity index (χ1) is 15.5. The minimum Gasteiger partial charge on any atom is -0.476 e. The lowest BCUT2D eigenvalue weighted by Gasteiger charge is -2.46. The molecular formula is C21H25NO11. The number of ether oxygens (including phenoxy) is 2. The largest absolute Gasteiger partial charge is 0.476 e. The van der Waals surface area contributed by atoms with E-state index in [0.717, 1.165) is 6.92 Å². The summed E-state index contributed by atoms with van der Waals surface area (Å²) in [5.41, 5.74) is 0.135. The highest BCUT2D eigenvalue weighted by Gasteiger charge is 2.56. The fourth-order valence-corrected chi connectivity index (χ4v) is 3.79. The molecule has 12 heteroatoms. The SMILES string of the molecule is CC(=O)N[C@H]1[C@H]([C@H](O)[C@H](O)CO)O[C@@](Oc2ccc3c(C)cc(=O)oc3c2)(C(=O)O)C[C@@H]1O. The molecule has 0 aliphatic carbocycles. The topological polar surface area (TPSA) is 196 Å². The summed E-state index contributed by atoms with van der Waals surface area (Å²) >= 11 is 0. The Kier molecular flexibility index (Phi) is 7.05. The average molecular weight is 467 g/mol. The van der Waals surface area contributed by atoms with Crippen LogP contribution in [0.3, 0.4) is 0 Å². The van der Waals surface area contributed by atoms with Crippen LogP contribution in [0.5, 0.6) is 5.75 Å². The van der Waals surface area contributed by atoms with Crippen LogP contribution in [0.1, 0.15) is 18.9 Å². The maximum Gasteiger partial charge on any atom is 0.377 e. The molecule has 1 aliphatic heterocycles. The molecular weight excluding hydrogens is 442 g/mol. The summed E-state index contributed by atoms with van der Waals surface area (Å²) < 4.78 is 16.3. The Bertz CT molecular complexity index is 1100. The van der Waals surface area contributed by atoms with Gasteiger partial charge in [-0.25, -0.2) is 9.59 Å². The maximum absolute atomic E-state index is 12.2. The molecule has 6 N–H and O–H groups in total. The number of carbonyl (C=O) groups is 2. The first-order valence-corrected chi connectivity index (χ1v) is 10.0. The number of hydrogen-bond acceptors (Lipinski definition) is 10. The third-order valence-electron chi connectivity index (χ3n) is 5.39. The number of fused-ring (bicyclic) bond motifs is 1. The van der Waals surface area contributed by atoms with E-state index >= 15 is 0 Å². The smallest absolute Gasteiger partial charge is 0.377 e. The summed E-state index contributed by atoms with van der Waals surface area (Å²) in [7, 11) is 0. The molecule has 1 amide bonds. The fraction of sp³-hybridized carbons (Fsp3) is 0.476. The standard InChI is InChI=1S/C21H25NO11/c1-9-5-16(27)31-15-6-11(3-4-12(9)15)32-21(20(29)30)7-13(25)17(22-10(2)24)19(33-21)18(28)14(26)8-23/h3-6,13-14,17-19,23,25-26,28H,7-8H2,1-2H3,(H,22,24)(H,29,30)/t13-,14+,17+,18+,19+,21+/m0/s1. The van der Waals surface area contributed by atoms with E-state index in [0.29, 0.717) is 10.9 Å². The van der Waals surface area contributed by atoms with E-state index in [-0.39, 0.29) is 11.3 Å². The van der Waals surface area contributed by atoms with Crippen LogP contribution in [0.25, 0.3) is 11.0 Å². The number of aliphatic carboxylic acids is 1. The molecule has 180 valence electrons. The van der Waals surface area contributed by atoms with E-state index in [9.17, 15) is 39.9 Å². The van der Waals surface area contributed by atoms with Crippen LogP contribution in [-0.4, -0.2) is 80.3 Å². The highest BCUT2D eigenvalue weighted by molar-refractivity contribution is 5.82. The number of aryl methyl sites for hydroxylation is 1. The van der Waals surface area contributed by atoms with E-state index in [4.69, 9.17) is 13.9 Å².